The molecule has 2 heterocycles. The van der Waals surface area contributed by atoms with Crippen LogP contribution in [-0.2, 0) is 0 Å². The fraction of sp³-hybridized carbons (Fsp3) is 0.200. The van der Waals surface area contributed by atoms with Gasteiger partial charge in [0.2, 0.25) is 5.89 Å². The zero-order valence-corrected chi connectivity index (χ0v) is 15.6. The fourth-order valence-electron chi connectivity index (χ4n) is 3.07. The molecule has 1 unspecified atom stereocenters. The molecule has 0 bridgehead atoms. The van der Waals surface area contributed by atoms with Crippen LogP contribution in [0.5, 0.6) is 5.75 Å². The predicted octanol–water partition coefficient (Wildman–Crippen LogP) is 4.37. The van der Waals surface area contributed by atoms with Crippen LogP contribution in [0, 0.1) is 12.7 Å². The smallest absolute Gasteiger partial charge is 0.249 e. The van der Waals surface area contributed by atoms with Gasteiger partial charge in [-0.25, -0.2) is 14.4 Å². The molecular formula is C20H18FN5O2. The number of benzene rings is 2. The van der Waals surface area contributed by atoms with Crippen LogP contribution < -0.4 is 9.64 Å². The Labute approximate surface area is 160 Å². The number of hydrogen-bond acceptors (Lipinski definition) is 7. The number of methoxy groups -OCH3 is 1. The summed E-state index contributed by atoms with van der Waals surface area (Å²) in [5.74, 6) is 2.00. The number of fused-ring (bicyclic) bond motifs is 1. The summed E-state index contributed by atoms with van der Waals surface area (Å²) in [6, 6.07) is 11.4. The molecule has 0 aliphatic carbocycles. The van der Waals surface area contributed by atoms with Gasteiger partial charge < -0.3 is 14.2 Å². The molecule has 2 aromatic carbocycles. The molecule has 7 nitrogen and oxygen atoms in total. The van der Waals surface area contributed by atoms with E-state index in [2.05, 4.69) is 20.1 Å². The van der Waals surface area contributed by atoms with Crippen molar-refractivity contribution in [2.24, 2.45) is 0 Å². The van der Waals surface area contributed by atoms with E-state index >= 15 is 0 Å². The Morgan fingerprint density at radius 1 is 1.11 bits per heavy atom. The van der Waals surface area contributed by atoms with Crippen LogP contribution in [0.3, 0.4) is 0 Å². The van der Waals surface area contributed by atoms with Gasteiger partial charge in [0.05, 0.1) is 12.6 Å². The molecule has 2 aromatic heterocycles. The molecule has 8 heteroatoms. The Morgan fingerprint density at radius 3 is 2.57 bits per heavy atom. The Bertz CT molecular complexity index is 1110. The van der Waals surface area contributed by atoms with Crippen LogP contribution in [0.25, 0.3) is 10.9 Å². The van der Waals surface area contributed by atoms with Gasteiger partial charge in [-0.05, 0) is 50.2 Å². The molecule has 0 spiro atoms. The van der Waals surface area contributed by atoms with Crippen molar-refractivity contribution in [2.75, 3.05) is 12.0 Å². The van der Waals surface area contributed by atoms with Crippen molar-refractivity contribution in [2.45, 2.75) is 19.9 Å². The highest BCUT2D eigenvalue weighted by molar-refractivity contribution is 5.92. The Hall–Kier alpha value is -3.55. The van der Waals surface area contributed by atoms with Crippen LogP contribution >= 0.6 is 0 Å². The number of rotatable bonds is 5. The molecule has 4 aromatic rings. The molecule has 0 amide bonds. The van der Waals surface area contributed by atoms with Crippen LogP contribution in [-0.4, -0.2) is 27.2 Å². The van der Waals surface area contributed by atoms with Gasteiger partial charge in [0.1, 0.15) is 29.8 Å². The van der Waals surface area contributed by atoms with Gasteiger partial charge in [0.15, 0.2) is 5.82 Å². The molecule has 142 valence electrons. The van der Waals surface area contributed by atoms with Crippen LogP contribution in [0.1, 0.15) is 24.7 Å². The Balaban J connectivity index is 1.90. The molecule has 0 fully saturated rings. The number of halogens is 1. The van der Waals surface area contributed by atoms with Gasteiger partial charge in [-0.3, -0.25) is 0 Å². The molecule has 0 saturated carbocycles. The molecule has 0 aliphatic rings. The van der Waals surface area contributed by atoms with Gasteiger partial charge in [-0.15, -0.1) is 0 Å². The maximum atomic E-state index is 13.5. The first kappa shape index (κ1) is 17.8. The normalized spacial score (nSPS) is 12.1. The molecule has 4 rings (SSSR count). The second-order valence-corrected chi connectivity index (χ2v) is 6.28. The van der Waals surface area contributed by atoms with Crippen LogP contribution in [0.4, 0.5) is 15.9 Å². The van der Waals surface area contributed by atoms with Gasteiger partial charge in [0.25, 0.3) is 0 Å². The molecule has 0 N–H and O–H groups in total. The minimum absolute atomic E-state index is 0.317. The van der Waals surface area contributed by atoms with Crippen molar-refractivity contribution in [3.63, 3.8) is 0 Å². The van der Waals surface area contributed by atoms with E-state index in [0.29, 0.717) is 23.3 Å². The fourth-order valence-corrected chi connectivity index (χ4v) is 3.07. The first-order valence-corrected chi connectivity index (χ1v) is 8.70. The third-order valence-electron chi connectivity index (χ3n) is 4.44. The van der Waals surface area contributed by atoms with Gasteiger partial charge in [0, 0.05) is 17.1 Å². The molecule has 0 saturated heterocycles. The van der Waals surface area contributed by atoms with Crippen LogP contribution in [0.2, 0.25) is 0 Å². The van der Waals surface area contributed by atoms with Crippen molar-refractivity contribution in [3.8, 4) is 5.75 Å². The average Bonchev–Trinajstić information content (AvgIpc) is 3.15. The maximum Gasteiger partial charge on any atom is 0.249 e. The highest BCUT2D eigenvalue weighted by Gasteiger charge is 2.26. The maximum absolute atomic E-state index is 13.5. The van der Waals surface area contributed by atoms with E-state index in [4.69, 9.17) is 9.26 Å². The van der Waals surface area contributed by atoms with E-state index < -0.39 is 0 Å². The van der Waals surface area contributed by atoms with Crippen molar-refractivity contribution in [1.82, 2.24) is 20.1 Å². The Kier molecular flexibility index (Phi) is 4.60. The van der Waals surface area contributed by atoms with E-state index in [9.17, 15) is 4.39 Å². The first-order valence-electron chi connectivity index (χ1n) is 8.70. The van der Waals surface area contributed by atoms with Crippen LogP contribution in [0.15, 0.2) is 53.3 Å². The monoisotopic (exact) mass is 379 g/mol. The molecule has 0 aliphatic heterocycles. The summed E-state index contributed by atoms with van der Waals surface area (Å²) in [6.07, 6.45) is 1.49. The lowest BCUT2D eigenvalue weighted by atomic mass is 10.1. The quantitative estimate of drug-likeness (QED) is 0.509. The summed E-state index contributed by atoms with van der Waals surface area (Å²) < 4.78 is 24.2. The lowest BCUT2D eigenvalue weighted by Crippen LogP contribution is -2.23. The van der Waals surface area contributed by atoms with Gasteiger partial charge in [-0.2, -0.15) is 4.98 Å². The van der Waals surface area contributed by atoms with E-state index in [1.54, 1.807) is 26.2 Å². The van der Waals surface area contributed by atoms with Crippen molar-refractivity contribution in [3.05, 3.63) is 66.3 Å². The predicted molar refractivity (Wildman–Crippen MR) is 102 cm³/mol. The number of hydrogen-bond donors (Lipinski definition) is 0. The zero-order valence-electron chi connectivity index (χ0n) is 15.6. The highest BCUT2D eigenvalue weighted by Crippen LogP contribution is 2.37. The first-order chi connectivity index (χ1) is 13.6. The van der Waals surface area contributed by atoms with Gasteiger partial charge >= 0.3 is 0 Å². The second kappa shape index (κ2) is 7.22. The summed E-state index contributed by atoms with van der Waals surface area (Å²) in [5.41, 5.74) is 1.46. The van der Waals surface area contributed by atoms with Gasteiger partial charge in [-0.1, -0.05) is 5.16 Å². The molecular weight excluding hydrogens is 361 g/mol. The largest absolute Gasteiger partial charge is 0.497 e. The topological polar surface area (TPSA) is 77.2 Å². The van der Waals surface area contributed by atoms with E-state index in [1.807, 2.05) is 30.0 Å². The number of aryl methyl sites for hydroxylation is 1. The van der Waals surface area contributed by atoms with Crippen molar-refractivity contribution < 1.29 is 13.7 Å². The lowest BCUT2D eigenvalue weighted by Gasteiger charge is -2.29. The lowest BCUT2D eigenvalue weighted by molar-refractivity contribution is 0.357. The molecule has 0 radical (unpaired) electrons. The molecule has 28 heavy (non-hydrogen) atoms. The number of nitrogens with zero attached hydrogens (tertiary/aromatic N) is 5. The van der Waals surface area contributed by atoms with E-state index in [0.717, 1.165) is 16.6 Å². The van der Waals surface area contributed by atoms with Crippen molar-refractivity contribution in [1.29, 1.82) is 0 Å². The average molecular weight is 379 g/mol. The summed E-state index contributed by atoms with van der Waals surface area (Å²) >= 11 is 0. The van der Waals surface area contributed by atoms with Crippen molar-refractivity contribution >= 4 is 22.4 Å². The standard InChI is InChI=1S/C20H18FN5O2/c1-12(20-24-13(2)25-28-20)26(15-6-4-14(21)5-7-15)19-17-9-8-16(27-3)10-18(17)22-11-23-19/h4-12H,1-3H3. The number of aromatic nitrogens is 4. The zero-order chi connectivity index (χ0) is 19.7. The summed E-state index contributed by atoms with van der Waals surface area (Å²) in [6.45, 7) is 3.68. The number of anilines is 2. The molecule has 1 atom stereocenters. The SMILES string of the molecule is COc1ccc2c(N(c3ccc(F)cc3)C(C)c3nc(C)no3)ncnc2c1. The Morgan fingerprint density at radius 2 is 1.89 bits per heavy atom. The van der Waals surface area contributed by atoms with E-state index in [-0.39, 0.29) is 11.9 Å². The minimum atomic E-state index is -0.341. The summed E-state index contributed by atoms with van der Waals surface area (Å²) in [7, 11) is 1.61. The summed E-state index contributed by atoms with van der Waals surface area (Å²) in [5, 5.41) is 4.70. The second-order valence-electron chi connectivity index (χ2n) is 6.28. The minimum Gasteiger partial charge on any atom is -0.497 e. The summed E-state index contributed by atoms with van der Waals surface area (Å²) in [4.78, 5) is 15.1. The third-order valence-corrected chi connectivity index (χ3v) is 4.44. The number of ether oxygens (including phenoxy) is 1. The third kappa shape index (κ3) is 3.24. The highest BCUT2D eigenvalue weighted by atomic mass is 19.1. The van der Waals surface area contributed by atoms with E-state index in [1.165, 1.54) is 18.5 Å².